The molecule has 12 heavy (non-hydrogen) atoms. The summed E-state index contributed by atoms with van der Waals surface area (Å²) in [6, 6.07) is 0. The number of hydrogen-bond acceptors (Lipinski definition) is 3. The minimum Gasteiger partial charge on any atom is -0.315 e. The van der Waals surface area contributed by atoms with Crippen molar-refractivity contribution in [3.05, 3.63) is 0 Å². The molecule has 0 aromatic rings. The Bertz CT molecular complexity index is 209. The monoisotopic (exact) mass is 193 g/mol. The lowest BCUT2D eigenvalue weighted by Crippen LogP contribution is -2.32. The molecular weight excluding hydrogens is 174 g/mol. The highest BCUT2D eigenvalue weighted by molar-refractivity contribution is 7.91. The molecule has 0 radical (unpaired) electrons. The van der Waals surface area contributed by atoms with Gasteiger partial charge in [-0.2, -0.15) is 0 Å². The first-order valence-corrected chi connectivity index (χ1v) is 6.19. The second-order valence-corrected chi connectivity index (χ2v) is 6.16. The van der Waals surface area contributed by atoms with Gasteiger partial charge in [-0.3, -0.25) is 0 Å². The van der Waals surface area contributed by atoms with E-state index in [1.54, 1.807) is 6.92 Å². The van der Waals surface area contributed by atoms with Crippen LogP contribution in [0.15, 0.2) is 0 Å². The zero-order valence-corrected chi connectivity index (χ0v) is 9.11. The molecule has 0 aliphatic carbocycles. The second-order valence-electron chi connectivity index (χ2n) is 3.69. The summed E-state index contributed by atoms with van der Waals surface area (Å²) >= 11 is 0. The zero-order valence-electron chi connectivity index (χ0n) is 8.29. The van der Waals surface area contributed by atoms with E-state index >= 15 is 0 Å². The van der Waals surface area contributed by atoms with Crippen molar-refractivity contribution < 1.29 is 8.42 Å². The lowest BCUT2D eigenvalue weighted by atomic mass is 10.2. The van der Waals surface area contributed by atoms with Gasteiger partial charge in [-0.15, -0.1) is 0 Å². The zero-order chi connectivity index (χ0) is 9.78. The normalized spacial score (nSPS) is 15.1. The average molecular weight is 193 g/mol. The third-order valence-electron chi connectivity index (χ3n) is 1.72. The standard InChI is InChI=1S/C8H19NO2S/c1-7(2)5-9-6-8(3)12(4,10)11/h7-9H,5-6H2,1-4H3. The van der Waals surface area contributed by atoms with Crippen molar-refractivity contribution in [2.75, 3.05) is 19.3 Å². The molecule has 74 valence electrons. The molecule has 0 heterocycles. The first-order valence-electron chi connectivity index (χ1n) is 4.23. The van der Waals surface area contributed by atoms with Crippen LogP contribution >= 0.6 is 0 Å². The van der Waals surface area contributed by atoms with E-state index in [4.69, 9.17) is 0 Å². The summed E-state index contributed by atoms with van der Waals surface area (Å²) in [7, 11) is -2.86. The maximum Gasteiger partial charge on any atom is 0.151 e. The van der Waals surface area contributed by atoms with Crippen molar-refractivity contribution in [3.8, 4) is 0 Å². The highest BCUT2D eigenvalue weighted by atomic mass is 32.2. The Hall–Kier alpha value is -0.0900. The molecule has 0 fully saturated rings. The molecule has 0 aromatic heterocycles. The average Bonchev–Trinajstić information content (AvgIpc) is 1.84. The maximum absolute atomic E-state index is 11.0. The number of hydrogen-bond donors (Lipinski definition) is 1. The van der Waals surface area contributed by atoms with Crippen LogP contribution in [0.1, 0.15) is 20.8 Å². The van der Waals surface area contributed by atoms with Crippen molar-refractivity contribution in [2.24, 2.45) is 5.92 Å². The first-order chi connectivity index (χ1) is 5.34. The van der Waals surface area contributed by atoms with Gasteiger partial charge in [0.2, 0.25) is 0 Å². The summed E-state index contributed by atoms with van der Waals surface area (Å²) in [6.07, 6.45) is 1.27. The van der Waals surface area contributed by atoms with E-state index in [0.717, 1.165) is 6.54 Å². The lowest BCUT2D eigenvalue weighted by Gasteiger charge is -2.11. The second kappa shape index (κ2) is 4.82. The summed E-state index contributed by atoms with van der Waals surface area (Å²) < 4.78 is 21.9. The van der Waals surface area contributed by atoms with Gasteiger partial charge in [0.15, 0.2) is 9.84 Å². The molecule has 0 aromatic carbocycles. The molecule has 1 atom stereocenters. The third-order valence-corrected chi connectivity index (χ3v) is 3.34. The van der Waals surface area contributed by atoms with Crippen LogP contribution < -0.4 is 5.32 Å². The van der Waals surface area contributed by atoms with Crippen LogP contribution in [0, 0.1) is 5.92 Å². The van der Waals surface area contributed by atoms with Gasteiger partial charge in [-0.05, 0) is 19.4 Å². The van der Waals surface area contributed by atoms with Crippen molar-refractivity contribution in [2.45, 2.75) is 26.0 Å². The van der Waals surface area contributed by atoms with E-state index in [9.17, 15) is 8.42 Å². The predicted molar refractivity (Wildman–Crippen MR) is 52.0 cm³/mol. The van der Waals surface area contributed by atoms with Crippen molar-refractivity contribution in [3.63, 3.8) is 0 Å². The van der Waals surface area contributed by atoms with Gasteiger partial charge >= 0.3 is 0 Å². The van der Waals surface area contributed by atoms with E-state index in [1.807, 2.05) is 0 Å². The molecule has 0 saturated carbocycles. The van der Waals surface area contributed by atoms with E-state index in [1.165, 1.54) is 6.26 Å². The highest BCUT2D eigenvalue weighted by Crippen LogP contribution is 1.96. The van der Waals surface area contributed by atoms with Gasteiger partial charge in [-0.25, -0.2) is 8.42 Å². The van der Waals surface area contributed by atoms with Crippen molar-refractivity contribution >= 4 is 9.84 Å². The third kappa shape index (κ3) is 5.55. The largest absolute Gasteiger partial charge is 0.315 e. The summed E-state index contributed by atoms with van der Waals surface area (Å²) in [4.78, 5) is 0. The molecule has 0 saturated heterocycles. The summed E-state index contributed by atoms with van der Waals surface area (Å²) in [5, 5.41) is 2.83. The minimum atomic E-state index is -2.86. The van der Waals surface area contributed by atoms with E-state index in [0.29, 0.717) is 12.5 Å². The number of nitrogens with one attached hydrogen (secondary N) is 1. The Morgan fingerprint density at radius 1 is 1.17 bits per heavy atom. The predicted octanol–water partition coefficient (Wildman–Crippen LogP) is 0.665. The van der Waals surface area contributed by atoms with E-state index in [-0.39, 0.29) is 5.25 Å². The van der Waals surface area contributed by atoms with E-state index in [2.05, 4.69) is 19.2 Å². The molecular formula is C8H19NO2S. The summed E-state index contributed by atoms with van der Waals surface area (Å²) in [6.45, 7) is 7.34. The maximum atomic E-state index is 11.0. The minimum absolute atomic E-state index is 0.281. The summed E-state index contributed by atoms with van der Waals surface area (Å²) in [5.74, 6) is 0.566. The van der Waals surface area contributed by atoms with Crippen LogP contribution in [0.4, 0.5) is 0 Å². The smallest absolute Gasteiger partial charge is 0.151 e. The van der Waals surface area contributed by atoms with Crippen LogP contribution in [-0.2, 0) is 9.84 Å². The fraction of sp³-hybridized carbons (Fsp3) is 1.00. The van der Waals surface area contributed by atoms with E-state index < -0.39 is 9.84 Å². The lowest BCUT2D eigenvalue weighted by molar-refractivity contribution is 0.537. The Balaban J connectivity index is 3.66. The van der Waals surface area contributed by atoms with Crippen molar-refractivity contribution in [1.82, 2.24) is 5.32 Å². The fourth-order valence-electron chi connectivity index (χ4n) is 0.727. The van der Waals surface area contributed by atoms with Crippen LogP contribution in [0.5, 0.6) is 0 Å². The molecule has 3 nitrogen and oxygen atoms in total. The molecule has 0 spiro atoms. The van der Waals surface area contributed by atoms with Crippen LogP contribution in [0.2, 0.25) is 0 Å². The molecule has 0 aliphatic rings. The Morgan fingerprint density at radius 2 is 1.67 bits per heavy atom. The SMILES string of the molecule is CC(C)CNCC(C)S(C)(=O)=O. The molecule has 0 aliphatic heterocycles. The number of rotatable bonds is 5. The van der Waals surface area contributed by atoms with Crippen molar-refractivity contribution in [1.29, 1.82) is 0 Å². The summed E-state index contributed by atoms with van der Waals surface area (Å²) in [5.41, 5.74) is 0. The number of sulfone groups is 1. The fourth-order valence-corrected chi connectivity index (χ4v) is 1.15. The highest BCUT2D eigenvalue weighted by Gasteiger charge is 2.13. The van der Waals surface area contributed by atoms with Gasteiger partial charge in [-0.1, -0.05) is 13.8 Å². The Labute approximate surface area is 75.5 Å². The Kier molecular flexibility index (Phi) is 4.78. The van der Waals surface area contributed by atoms with Crippen LogP contribution in [-0.4, -0.2) is 33.0 Å². The van der Waals surface area contributed by atoms with Crippen LogP contribution in [0.25, 0.3) is 0 Å². The Morgan fingerprint density at radius 3 is 2.00 bits per heavy atom. The quantitative estimate of drug-likeness (QED) is 0.698. The van der Waals surface area contributed by atoms with Gasteiger partial charge in [0.1, 0.15) is 0 Å². The van der Waals surface area contributed by atoms with Gasteiger partial charge in [0, 0.05) is 12.8 Å². The molecule has 4 heteroatoms. The molecule has 0 rings (SSSR count). The topological polar surface area (TPSA) is 46.2 Å². The van der Waals surface area contributed by atoms with Crippen LogP contribution in [0.3, 0.4) is 0 Å². The van der Waals surface area contributed by atoms with Gasteiger partial charge in [0.05, 0.1) is 5.25 Å². The molecule has 1 N–H and O–H groups in total. The molecule has 0 bridgehead atoms. The molecule has 1 unspecified atom stereocenters. The van der Waals surface area contributed by atoms with Gasteiger partial charge < -0.3 is 5.32 Å². The molecule has 0 amide bonds. The van der Waals surface area contributed by atoms with Gasteiger partial charge in [0.25, 0.3) is 0 Å². The first kappa shape index (κ1) is 11.9.